The van der Waals surface area contributed by atoms with Crippen molar-refractivity contribution in [1.29, 1.82) is 0 Å². The van der Waals surface area contributed by atoms with Crippen LogP contribution in [0.4, 0.5) is 11.4 Å². The lowest BCUT2D eigenvalue weighted by atomic mass is 10.1. The third-order valence-corrected chi connectivity index (χ3v) is 3.77. The molecule has 0 aromatic heterocycles. The first-order valence-electron chi connectivity index (χ1n) is 8.63. The van der Waals surface area contributed by atoms with Gasteiger partial charge in [0.25, 0.3) is 0 Å². The summed E-state index contributed by atoms with van der Waals surface area (Å²) < 4.78 is 9.90. The Labute approximate surface area is 159 Å². The summed E-state index contributed by atoms with van der Waals surface area (Å²) in [5, 5.41) is 8.64. The van der Waals surface area contributed by atoms with E-state index in [1.165, 1.54) is 7.11 Å². The van der Waals surface area contributed by atoms with Gasteiger partial charge in [-0.3, -0.25) is 9.59 Å². The minimum Gasteiger partial charge on any atom is -0.497 e. The molecule has 0 spiro atoms. The van der Waals surface area contributed by atoms with Crippen molar-refractivity contribution in [1.82, 2.24) is 5.32 Å². The molecule has 7 heteroatoms. The number of rotatable bonds is 10. The highest BCUT2D eigenvalue weighted by Crippen LogP contribution is 2.15. The van der Waals surface area contributed by atoms with Gasteiger partial charge in [0.15, 0.2) is 0 Å². The van der Waals surface area contributed by atoms with Gasteiger partial charge < -0.3 is 25.4 Å². The number of ether oxygens (including phenoxy) is 2. The third-order valence-electron chi connectivity index (χ3n) is 3.77. The van der Waals surface area contributed by atoms with E-state index >= 15 is 0 Å². The fourth-order valence-electron chi connectivity index (χ4n) is 2.42. The maximum atomic E-state index is 12.0. The molecular weight excluding hydrogens is 346 g/mol. The fraction of sp³-hybridized carbons (Fsp3) is 0.300. The summed E-state index contributed by atoms with van der Waals surface area (Å²) in [6.07, 6.45) is 0.747. The number of amides is 2. The zero-order valence-electron chi connectivity index (χ0n) is 15.6. The van der Waals surface area contributed by atoms with E-state index in [0.29, 0.717) is 12.2 Å². The Morgan fingerprint density at radius 3 is 2.41 bits per heavy atom. The van der Waals surface area contributed by atoms with Crippen LogP contribution in [-0.2, 0) is 20.7 Å². The lowest BCUT2D eigenvalue weighted by molar-refractivity contribution is -0.120. The third kappa shape index (κ3) is 7.37. The molecule has 7 nitrogen and oxygen atoms in total. The molecule has 0 bridgehead atoms. The van der Waals surface area contributed by atoms with Gasteiger partial charge in [-0.25, -0.2) is 0 Å². The van der Waals surface area contributed by atoms with Crippen LogP contribution in [0.2, 0.25) is 0 Å². The minimum atomic E-state index is -0.231. The van der Waals surface area contributed by atoms with Gasteiger partial charge in [0.05, 0.1) is 13.7 Å². The molecule has 27 heavy (non-hydrogen) atoms. The smallest absolute Gasteiger partial charge is 0.250 e. The molecule has 0 fully saturated rings. The van der Waals surface area contributed by atoms with Gasteiger partial charge in [0.1, 0.15) is 12.4 Å². The van der Waals surface area contributed by atoms with Crippen LogP contribution in [0, 0.1) is 0 Å². The Bertz CT molecular complexity index is 747. The molecule has 2 amide bonds. The predicted octanol–water partition coefficient (Wildman–Crippen LogP) is 2.05. The number of nitrogens with one attached hydrogen (secondary N) is 3. The molecular formula is C20H25N3O4. The quantitative estimate of drug-likeness (QED) is 0.595. The zero-order chi connectivity index (χ0) is 19.5. The van der Waals surface area contributed by atoms with Crippen molar-refractivity contribution in [3.05, 3.63) is 54.1 Å². The summed E-state index contributed by atoms with van der Waals surface area (Å²) in [6, 6.07) is 14.9. The number of methoxy groups -OCH3 is 2. The number of hydrogen-bond donors (Lipinski definition) is 3. The number of carbonyl (C=O) groups excluding carboxylic acids is 2. The normalized spacial score (nSPS) is 10.1. The van der Waals surface area contributed by atoms with Crippen LogP contribution in [0.25, 0.3) is 0 Å². The molecule has 0 aliphatic heterocycles. The first-order chi connectivity index (χ1) is 13.1. The van der Waals surface area contributed by atoms with E-state index in [4.69, 9.17) is 9.47 Å². The van der Waals surface area contributed by atoms with Gasteiger partial charge in [-0.05, 0) is 42.3 Å². The van der Waals surface area contributed by atoms with Gasteiger partial charge in [-0.2, -0.15) is 0 Å². The highest BCUT2D eigenvalue weighted by atomic mass is 16.5. The Kier molecular flexibility index (Phi) is 8.12. The van der Waals surface area contributed by atoms with E-state index in [1.807, 2.05) is 30.3 Å². The molecule has 0 saturated heterocycles. The first-order valence-corrected chi connectivity index (χ1v) is 8.63. The van der Waals surface area contributed by atoms with E-state index in [1.54, 1.807) is 25.3 Å². The Balaban J connectivity index is 1.72. The highest BCUT2D eigenvalue weighted by Gasteiger charge is 2.04. The van der Waals surface area contributed by atoms with Crippen molar-refractivity contribution < 1.29 is 19.1 Å². The Hall–Kier alpha value is -3.06. The van der Waals surface area contributed by atoms with Crippen LogP contribution in [-0.4, -0.2) is 45.7 Å². The molecule has 3 N–H and O–H groups in total. The molecule has 0 unspecified atom stereocenters. The van der Waals surface area contributed by atoms with Crippen LogP contribution < -0.4 is 20.7 Å². The summed E-state index contributed by atoms with van der Waals surface area (Å²) in [6.45, 7) is 0.701. The van der Waals surface area contributed by atoms with Crippen molar-refractivity contribution in [2.75, 3.05) is 44.5 Å². The second-order valence-corrected chi connectivity index (χ2v) is 5.86. The summed E-state index contributed by atoms with van der Waals surface area (Å²) in [5.74, 6) is 0.482. The first kappa shape index (κ1) is 20.3. The lowest BCUT2D eigenvalue weighted by Gasteiger charge is -2.10. The van der Waals surface area contributed by atoms with Gasteiger partial charge >= 0.3 is 0 Å². The molecule has 2 rings (SSSR count). The molecule has 0 atom stereocenters. The molecule has 2 aromatic rings. The summed E-state index contributed by atoms with van der Waals surface area (Å²) in [5.41, 5.74) is 2.51. The highest BCUT2D eigenvalue weighted by molar-refractivity contribution is 5.92. The molecule has 144 valence electrons. The molecule has 0 saturated carbocycles. The van der Waals surface area contributed by atoms with E-state index < -0.39 is 0 Å². The summed E-state index contributed by atoms with van der Waals surface area (Å²) >= 11 is 0. The SMILES string of the molecule is COCC(=O)Nc1cccc(NCC(=O)NCCc2ccc(OC)cc2)c1. The van der Waals surface area contributed by atoms with E-state index in [0.717, 1.165) is 23.4 Å². The van der Waals surface area contributed by atoms with E-state index in [-0.39, 0.29) is 25.0 Å². The topological polar surface area (TPSA) is 88.7 Å². The van der Waals surface area contributed by atoms with Crippen LogP contribution in [0.3, 0.4) is 0 Å². The minimum absolute atomic E-state index is 0.00570. The van der Waals surface area contributed by atoms with Crippen LogP contribution in [0.15, 0.2) is 48.5 Å². The average molecular weight is 371 g/mol. The zero-order valence-corrected chi connectivity index (χ0v) is 15.6. The second kappa shape index (κ2) is 10.8. The van der Waals surface area contributed by atoms with Crippen LogP contribution in [0.5, 0.6) is 5.75 Å². The summed E-state index contributed by atoms with van der Waals surface area (Å²) in [7, 11) is 3.09. The average Bonchev–Trinajstić information content (AvgIpc) is 2.67. The van der Waals surface area contributed by atoms with E-state index in [2.05, 4.69) is 16.0 Å². The Morgan fingerprint density at radius 1 is 0.963 bits per heavy atom. The molecule has 0 radical (unpaired) electrons. The molecule has 2 aromatic carbocycles. The summed E-state index contributed by atoms with van der Waals surface area (Å²) in [4.78, 5) is 23.5. The predicted molar refractivity (Wildman–Crippen MR) is 105 cm³/mol. The fourth-order valence-corrected chi connectivity index (χ4v) is 2.42. The maximum absolute atomic E-state index is 12.0. The van der Waals surface area contributed by atoms with Crippen molar-refractivity contribution in [2.24, 2.45) is 0 Å². The standard InChI is InChI=1S/C20H25N3O4/c1-26-14-20(25)23-17-5-3-4-16(12-17)22-13-19(24)21-11-10-15-6-8-18(27-2)9-7-15/h3-9,12,22H,10-11,13-14H2,1-2H3,(H,21,24)(H,23,25). The van der Waals surface area contributed by atoms with Crippen molar-refractivity contribution >= 4 is 23.2 Å². The van der Waals surface area contributed by atoms with Gasteiger partial charge in [-0.15, -0.1) is 0 Å². The largest absolute Gasteiger partial charge is 0.497 e. The van der Waals surface area contributed by atoms with Crippen molar-refractivity contribution in [3.63, 3.8) is 0 Å². The van der Waals surface area contributed by atoms with Gasteiger partial charge in [0, 0.05) is 25.0 Å². The van der Waals surface area contributed by atoms with Crippen LogP contribution in [0.1, 0.15) is 5.56 Å². The maximum Gasteiger partial charge on any atom is 0.250 e. The Morgan fingerprint density at radius 2 is 1.70 bits per heavy atom. The van der Waals surface area contributed by atoms with Crippen LogP contribution >= 0.6 is 0 Å². The number of hydrogen-bond acceptors (Lipinski definition) is 5. The van der Waals surface area contributed by atoms with E-state index in [9.17, 15) is 9.59 Å². The van der Waals surface area contributed by atoms with Gasteiger partial charge in [-0.1, -0.05) is 18.2 Å². The molecule has 0 aliphatic carbocycles. The van der Waals surface area contributed by atoms with Crippen molar-refractivity contribution in [2.45, 2.75) is 6.42 Å². The van der Waals surface area contributed by atoms with Crippen molar-refractivity contribution in [3.8, 4) is 5.75 Å². The molecule has 0 heterocycles. The number of anilines is 2. The monoisotopic (exact) mass is 371 g/mol. The number of carbonyl (C=O) groups is 2. The lowest BCUT2D eigenvalue weighted by Crippen LogP contribution is -2.31. The number of benzene rings is 2. The van der Waals surface area contributed by atoms with Gasteiger partial charge in [0.2, 0.25) is 11.8 Å². The second-order valence-electron chi connectivity index (χ2n) is 5.86. The molecule has 0 aliphatic rings.